The van der Waals surface area contributed by atoms with Crippen molar-refractivity contribution in [1.82, 2.24) is 30.0 Å². The van der Waals surface area contributed by atoms with Crippen LogP contribution in [0, 0.1) is 19.7 Å². The van der Waals surface area contributed by atoms with Crippen LogP contribution in [0.15, 0.2) is 42.5 Å². The van der Waals surface area contributed by atoms with Crippen molar-refractivity contribution in [1.29, 1.82) is 0 Å². The minimum absolute atomic E-state index is 0.0290. The number of nitrogens with zero attached hydrogens (tertiary/aromatic N) is 2. The Labute approximate surface area is 302 Å². The average molecular weight is 741 g/mol. The molecule has 52 heavy (non-hydrogen) atoms. The van der Waals surface area contributed by atoms with Crippen molar-refractivity contribution in [2.45, 2.75) is 46.7 Å². The van der Waals surface area contributed by atoms with E-state index in [-0.39, 0.29) is 42.2 Å². The lowest BCUT2D eigenvalue weighted by atomic mass is 10.0. The number of carbonyl (C=O) groups excluding carboxylic acids is 4. The van der Waals surface area contributed by atoms with E-state index in [1.165, 1.54) is 19.3 Å². The van der Waals surface area contributed by atoms with E-state index in [0.717, 1.165) is 30.8 Å². The molecule has 0 aliphatic carbocycles. The van der Waals surface area contributed by atoms with Gasteiger partial charge in [-0.1, -0.05) is 26.0 Å². The van der Waals surface area contributed by atoms with Gasteiger partial charge in [0.25, 0.3) is 11.8 Å². The Balaban J connectivity index is 1.52. The van der Waals surface area contributed by atoms with Crippen LogP contribution in [-0.4, -0.2) is 87.9 Å². The summed E-state index contributed by atoms with van der Waals surface area (Å²) in [6, 6.07) is 7.39. The largest absolute Gasteiger partial charge is 0.497 e. The third-order valence-electron chi connectivity index (χ3n) is 8.64. The first-order chi connectivity index (χ1) is 24.7. The highest BCUT2D eigenvalue weighted by molar-refractivity contribution is 7.88. The predicted octanol–water partition coefficient (Wildman–Crippen LogP) is 2.32. The van der Waals surface area contributed by atoms with E-state index in [2.05, 4.69) is 25.2 Å². The van der Waals surface area contributed by atoms with Gasteiger partial charge in [0.2, 0.25) is 5.91 Å². The lowest BCUT2D eigenvalue weighted by molar-refractivity contribution is -0.123. The summed E-state index contributed by atoms with van der Waals surface area (Å²) in [6.07, 6.45) is 1.28. The van der Waals surface area contributed by atoms with E-state index in [1.54, 1.807) is 42.8 Å². The molecule has 1 aliphatic heterocycles. The standard InChI is InChI=1S/C35H45FN8O7S/c1-6-43(7-2)17-16-38-33(46)31-21(3)29(40-22(31)4)19-27-26-18-24(36)10-13-30(26)44(34(27)47)35(48)42-52(49,50)41-28(14-15-37)32(45)39-20-23-8-11-25(51-5)12-9-23/h8-13,18-19,28,40-41H,6-7,14-17,20,37H2,1-5H3,(H,38,46)(H,39,45)(H,42,48)/b27-19-. The Kier molecular flexibility index (Phi) is 13.3. The molecule has 4 rings (SSSR count). The van der Waals surface area contributed by atoms with Crippen molar-refractivity contribution >= 4 is 51.3 Å². The highest BCUT2D eigenvalue weighted by Gasteiger charge is 2.39. The van der Waals surface area contributed by atoms with Gasteiger partial charge in [0, 0.05) is 36.6 Å². The Bertz CT molecular complexity index is 1940. The van der Waals surface area contributed by atoms with E-state index in [1.807, 2.05) is 13.8 Å². The molecule has 0 saturated heterocycles. The smallest absolute Gasteiger partial charge is 0.343 e. The summed E-state index contributed by atoms with van der Waals surface area (Å²) >= 11 is 0. The van der Waals surface area contributed by atoms with Gasteiger partial charge in [-0.15, -0.1) is 0 Å². The summed E-state index contributed by atoms with van der Waals surface area (Å²) in [7, 11) is -3.23. The number of nitrogens with two attached hydrogens (primary N) is 1. The Morgan fingerprint density at radius 1 is 1.08 bits per heavy atom. The molecule has 3 aromatic rings. The van der Waals surface area contributed by atoms with Crippen molar-refractivity contribution in [2.75, 3.05) is 44.7 Å². The number of fused-ring (bicyclic) bond motifs is 1. The predicted molar refractivity (Wildman–Crippen MR) is 195 cm³/mol. The number of halogens is 1. The number of rotatable bonds is 16. The number of likely N-dealkylation sites (N-methyl/N-ethyl adjacent to an activating group) is 1. The second kappa shape index (κ2) is 17.4. The number of aromatic nitrogens is 1. The van der Waals surface area contributed by atoms with Gasteiger partial charge in [0.1, 0.15) is 17.6 Å². The number of hydrogen-bond acceptors (Lipinski definition) is 9. The summed E-state index contributed by atoms with van der Waals surface area (Å²) in [5, 5.41) is 5.54. The molecule has 1 unspecified atom stereocenters. The van der Waals surface area contributed by atoms with Crippen LogP contribution in [0.1, 0.15) is 58.7 Å². The van der Waals surface area contributed by atoms with Crippen LogP contribution in [0.5, 0.6) is 5.75 Å². The van der Waals surface area contributed by atoms with E-state index in [9.17, 15) is 32.0 Å². The van der Waals surface area contributed by atoms with Gasteiger partial charge in [-0.3, -0.25) is 14.4 Å². The maximum Gasteiger partial charge on any atom is 0.343 e. The molecule has 2 aromatic carbocycles. The average Bonchev–Trinajstić information content (AvgIpc) is 3.55. The topological polar surface area (TPSA) is 208 Å². The SMILES string of the molecule is CCN(CC)CCNC(=O)c1c(C)[nH]c(/C=C2\C(=O)N(C(=O)NS(=O)(=O)NC(CCN)C(=O)NCc3ccc(OC)cc3)c3ccc(F)cc32)c1C. The summed E-state index contributed by atoms with van der Waals surface area (Å²) in [5.74, 6) is -2.03. The maximum atomic E-state index is 14.5. The third-order valence-corrected chi connectivity index (χ3v) is 9.68. The first kappa shape index (κ1) is 39.7. The van der Waals surface area contributed by atoms with Crippen LogP contribution >= 0.6 is 0 Å². The molecule has 0 saturated carbocycles. The monoisotopic (exact) mass is 740 g/mol. The molecule has 0 radical (unpaired) electrons. The van der Waals surface area contributed by atoms with Crippen molar-refractivity contribution in [3.63, 3.8) is 0 Å². The van der Waals surface area contributed by atoms with Crippen LogP contribution in [0.2, 0.25) is 0 Å². The van der Waals surface area contributed by atoms with Crippen LogP contribution in [0.3, 0.4) is 0 Å². The molecule has 1 aromatic heterocycles. The number of hydrogen-bond donors (Lipinski definition) is 6. The number of aromatic amines is 1. The van der Waals surface area contributed by atoms with Crippen molar-refractivity contribution in [3.8, 4) is 5.75 Å². The molecule has 2 heterocycles. The van der Waals surface area contributed by atoms with Gasteiger partial charge >= 0.3 is 16.2 Å². The van der Waals surface area contributed by atoms with Gasteiger partial charge in [-0.05, 0) is 87.4 Å². The molecular weight excluding hydrogens is 695 g/mol. The van der Waals surface area contributed by atoms with Crippen molar-refractivity contribution in [2.24, 2.45) is 5.73 Å². The fourth-order valence-corrected chi connectivity index (χ4v) is 6.79. The molecule has 17 heteroatoms. The number of anilines is 1. The quantitative estimate of drug-likeness (QED) is 0.119. The molecule has 0 bridgehead atoms. The fraction of sp³-hybridized carbons (Fsp3) is 0.371. The van der Waals surface area contributed by atoms with E-state index in [0.29, 0.717) is 46.3 Å². The molecule has 1 aliphatic rings. The molecule has 5 amide bonds. The molecule has 0 spiro atoms. The van der Waals surface area contributed by atoms with Crippen molar-refractivity contribution < 1.29 is 36.7 Å². The maximum absolute atomic E-state index is 14.5. The highest BCUT2D eigenvalue weighted by Crippen LogP contribution is 2.39. The second-order valence-corrected chi connectivity index (χ2v) is 13.5. The zero-order valence-electron chi connectivity index (χ0n) is 29.8. The minimum atomic E-state index is -4.75. The second-order valence-electron chi connectivity index (χ2n) is 12.0. The summed E-state index contributed by atoms with van der Waals surface area (Å²) < 4.78 is 49.8. The van der Waals surface area contributed by atoms with E-state index >= 15 is 0 Å². The van der Waals surface area contributed by atoms with Gasteiger partial charge in [-0.2, -0.15) is 13.1 Å². The number of urea groups is 1. The summed E-state index contributed by atoms with van der Waals surface area (Å²) in [5.41, 5.74) is 7.98. The van der Waals surface area contributed by atoms with Gasteiger partial charge in [-0.25, -0.2) is 18.8 Å². The normalized spacial score (nSPS) is 14.0. The molecular formula is C35H45FN8O7S. The van der Waals surface area contributed by atoms with E-state index < -0.39 is 39.9 Å². The molecule has 7 N–H and O–H groups in total. The van der Waals surface area contributed by atoms with Gasteiger partial charge in [0.05, 0.1) is 23.9 Å². The number of methoxy groups -OCH3 is 1. The van der Waals surface area contributed by atoms with Crippen LogP contribution in [-0.2, 0) is 26.3 Å². The number of aryl methyl sites for hydroxylation is 1. The zero-order valence-corrected chi connectivity index (χ0v) is 30.6. The molecule has 1 atom stereocenters. The summed E-state index contributed by atoms with van der Waals surface area (Å²) in [6.45, 7) is 10.3. The first-order valence-corrected chi connectivity index (χ1v) is 18.2. The van der Waals surface area contributed by atoms with Gasteiger partial charge in [0.15, 0.2) is 0 Å². The number of amides is 5. The third kappa shape index (κ3) is 9.41. The molecule has 280 valence electrons. The fourth-order valence-electron chi connectivity index (χ4n) is 5.81. The number of nitrogens with one attached hydrogen (secondary N) is 5. The Hall–Kier alpha value is -5.10. The molecule has 15 nitrogen and oxygen atoms in total. The number of benzene rings is 2. The summed E-state index contributed by atoms with van der Waals surface area (Å²) in [4.78, 5) is 59.1. The minimum Gasteiger partial charge on any atom is -0.497 e. The lowest BCUT2D eigenvalue weighted by Gasteiger charge is -2.20. The number of carbonyl (C=O) groups is 4. The Morgan fingerprint density at radius 3 is 2.40 bits per heavy atom. The van der Waals surface area contributed by atoms with Crippen molar-refractivity contribution in [3.05, 3.63) is 81.9 Å². The number of imide groups is 1. The van der Waals surface area contributed by atoms with E-state index in [4.69, 9.17) is 10.5 Å². The van der Waals surface area contributed by atoms with Crippen LogP contribution < -0.4 is 35.4 Å². The van der Waals surface area contributed by atoms with Gasteiger partial charge < -0.3 is 31.0 Å². The number of H-pyrrole nitrogens is 1. The van der Waals surface area contributed by atoms with Crippen LogP contribution in [0.4, 0.5) is 14.9 Å². The zero-order chi connectivity index (χ0) is 38.2. The lowest BCUT2D eigenvalue weighted by Crippen LogP contribution is -2.54. The number of ether oxygens (including phenoxy) is 1. The molecule has 0 fully saturated rings. The first-order valence-electron chi connectivity index (χ1n) is 16.7. The highest BCUT2D eigenvalue weighted by atomic mass is 32.2. The Morgan fingerprint density at radius 2 is 1.77 bits per heavy atom. The van der Waals surface area contributed by atoms with Crippen LogP contribution in [0.25, 0.3) is 11.6 Å².